The molecule has 2 aromatic rings. The first kappa shape index (κ1) is 27.6. The van der Waals surface area contributed by atoms with E-state index in [1.807, 2.05) is 6.07 Å². The number of ether oxygens (including phenoxy) is 3. The fourth-order valence-corrected chi connectivity index (χ4v) is 3.67. The molecule has 2 aromatic carbocycles. The number of aryl methyl sites for hydroxylation is 1. The Morgan fingerprint density at radius 1 is 0.686 bits per heavy atom. The van der Waals surface area contributed by atoms with Gasteiger partial charge in [-0.25, -0.2) is 0 Å². The topological polar surface area (TPSA) is 116 Å². The minimum atomic E-state index is -0.561. The Labute approximate surface area is 205 Å². The molecule has 0 amide bonds. The van der Waals surface area contributed by atoms with Crippen LogP contribution in [0.5, 0.6) is 23.0 Å². The van der Waals surface area contributed by atoms with Gasteiger partial charge >= 0.3 is 17.9 Å². The van der Waals surface area contributed by atoms with Gasteiger partial charge in [-0.2, -0.15) is 0 Å². The number of carbonyl (C=O) groups is 4. The summed E-state index contributed by atoms with van der Waals surface area (Å²) in [5, 5.41) is 9.93. The number of phenols is 1. The first-order chi connectivity index (χ1) is 16.7. The lowest BCUT2D eigenvalue weighted by molar-refractivity contribution is -0.133. The predicted octanol–water partition coefficient (Wildman–Crippen LogP) is 5.32. The summed E-state index contributed by atoms with van der Waals surface area (Å²) in [6, 6.07) is 9.61. The van der Waals surface area contributed by atoms with Crippen molar-refractivity contribution in [2.24, 2.45) is 0 Å². The van der Waals surface area contributed by atoms with Gasteiger partial charge in [-0.1, -0.05) is 37.8 Å². The SMILES string of the molecule is CC(=O)Oc1ccc(CCCCCCCCC(=O)c2c(OC(C)=O)cccc2OC(C)=O)cc1O. The van der Waals surface area contributed by atoms with Crippen molar-refractivity contribution in [2.45, 2.75) is 72.1 Å². The largest absolute Gasteiger partial charge is 0.504 e. The van der Waals surface area contributed by atoms with Crippen LogP contribution in [0.3, 0.4) is 0 Å². The normalized spacial score (nSPS) is 10.5. The number of ketones is 1. The molecule has 0 aliphatic rings. The van der Waals surface area contributed by atoms with Crippen LogP contribution in [0.4, 0.5) is 0 Å². The van der Waals surface area contributed by atoms with Crippen LogP contribution in [0.2, 0.25) is 0 Å². The highest BCUT2D eigenvalue weighted by Gasteiger charge is 2.20. The lowest BCUT2D eigenvalue weighted by Gasteiger charge is -2.12. The van der Waals surface area contributed by atoms with Crippen molar-refractivity contribution in [2.75, 3.05) is 0 Å². The Balaban J connectivity index is 1.75. The minimum Gasteiger partial charge on any atom is -0.504 e. The van der Waals surface area contributed by atoms with Crippen molar-refractivity contribution < 1.29 is 38.5 Å². The van der Waals surface area contributed by atoms with E-state index in [0.29, 0.717) is 6.42 Å². The molecule has 0 saturated heterocycles. The van der Waals surface area contributed by atoms with Crippen molar-refractivity contribution in [3.05, 3.63) is 47.5 Å². The average molecular weight is 485 g/mol. The number of benzene rings is 2. The number of esters is 3. The molecule has 2 rings (SSSR count). The highest BCUT2D eigenvalue weighted by atomic mass is 16.5. The number of unbranched alkanes of at least 4 members (excludes halogenated alkanes) is 5. The summed E-state index contributed by atoms with van der Waals surface area (Å²) in [5.41, 5.74) is 1.08. The van der Waals surface area contributed by atoms with Gasteiger partial charge in [-0.05, 0) is 49.1 Å². The molecule has 0 heterocycles. The van der Waals surface area contributed by atoms with E-state index in [4.69, 9.17) is 14.2 Å². The summed E-state index contributed by atoms with van der Waals surface area (Å²) >= 11 is 0. The van der Waals surface area contributed by atoms with E-state index in [-0.39, 0.29) is 40.8 Å². The van der Waals surface area contributed by atoms with Crippen molar-refractivity contribution >= 4 is 23.7 Å². The molecule has 0 atom stereocenters. The zero-order valence-electron chi connectivity index (χ0n) is 20.4. The highest BCUT2D eigenvalue weighted by molar-refractivity contribution is 6.02. The number of Topliss-reactive ketones (excluding diaryl/α,β-unsaturated/α-hetero) is 1. The lowest BCUT2D eigenvalue weighted by atomic mass is 10.0. The molecular weight excluding hydrogens is 452 g/mol. The molecule has 0 bridgehead atoms. The molecule has 1 N–H and O–H groups in total. The van der Waals surface area contributed by atoms with Crippen LogP contribution in [0.15, 0.2) is 36.4 Å². The predicted molar refractivity (Wildman–Crippen MR) is 129 cm³/mol. The Bertz CT molecular complexity index is 1020. The third-order valence-electron chi connectivity index (χ3n) is 5.17. The third-order valence-corrected chi connectivity index (χ3v) is 5.17. The highest BCUT2D eigenvalue weighted by Crippen LogP contribution is 2.31. The standard InChI is InChI=1S/C27H32O8/c1-18(28)33-24-16-15-21(17-23(24)32)11-8-6-4-5-7-9-12-22(31)27-25(34-19(2)29)13-10-14-26(27)35-20(3)30/h10,13-17,32H,4-9,11-12H2,1-3H3. The van der Waals surface area contributed by atoms with Crippen LogP contribution < -0.4 is 14.2 Å². The summed E-state index contributed by atoms with van der Waals surface area (Å²) in [4.78, 5) is 46.6. The average Bonchev–Trinajstić information content (AvgIpc) is 2.76. The zero-order chi connectivity index (χ0) is 25.8. The number of rotatable bonds is 13. The summed E-state index contributed by atoms with van der Waals surface area (Å²) in [6.07, 6.45) is 6.51. The molecule has 0 fully saturated rings. The van der Waals surface area contributed by atoms with Crippen molar-refractivity contribution in [1.29, 1.82) is 0 Å². The van der Waals surface area contributed by atoms with Crippen LogP contribution in [-0.2, 0) is 20.8 Å². The summed E-state index contributed by atoms with van der Waals surface area (Å²) in [5.74, 6) is -1.55. The molecule has 0 aliphatic heterocycles. The van der Waals surface area contributed by atoms with Gasteiger partial charge in [0, 0.05) is 27.2 Å². The molecule has 35 heavy (non-hydrogen) atoms. The van der Waals surface area contributed by atoms with Gasteiger partial charge in [0.1, 0.15) is 17.1 Å². The van der Waals surface area contributed by atoms with Crippen LogP contribution in [-0.4, -0.2) is 28.8 Å². The van der Waals surface area contributed by atoms with Crippen molar-refractivity contribution in [3.63, 3.8) is 0 Å². The van der Waals surface area contributed by atoms with E-state index in [9.17, 15) is 24.3 Å². The van der Waals surface area contributed by atoms with E-state index in [1.54, 1.807) is 18.2 Å². The number of hydrogen-bond donors (Lipinski definition) is 1. The van der Waals surface area contributed by atoms with Gasteiger partial charge < -0.3 is 19.3 Å². The van der Waals surface area contributed by atoms with E-state index < -0.39 is 17.9 Å². The second-order valence-electron chi connectivity index (χ2n) is 8.26. The second-order valence-corrected chi connectivity index (χ2v) is 8.26. The molecule has 0 saturated carbocycles. The maximum absolute atomic E-state index is 12.8. The summed E-state index contributed by atoms with van der Waals surface area (Å²) in [7, 11) is 0. The Hall–Kier alpha value is -3.68. The molecule has 0 unspecified atom stereocenters. The third kappa shape index (κ3) is 9.60. The van der Waals surface area contributed by atoms with E-state index >= 15 is 0 Å². The zero-order valence-corrected chi connectivity index (χ0v) is 20.4. The quantitative estimate of drug-likeness (QED) is 0.176. The molecular formula is C27H32O8. The Morgan fingerprint density at radius 3 is 1.74 bits per heavy atom. The van der Waals surface area contributed by atoms with Gasteiger partial charge in [0.2, 0.25) is 0 Å². The monoisotopic (exact) mass is 484 g/mol. The van der Waals surface area contributed by atoms with Gasteiger partial charge in [0.15, 0.2) is 17.3 Å². The number of aromatic hydroxyl groups is 1. The fourth-order valence-electron chi connectivity index (χ4n) is 3.67. The molecule has 0 aliphatic carbocycles. The van der Waals surface area contributed by atoms with Crippen LogP contribution in [0.1, 0.15) is 81.6 Å². The molecule has 188 valence electrons. The first-order valence-corrected chi connectivity index (χ1v) is 11.7. The van der Waals surface area contributed by atoms with Gasteiger partial charge in [-0.3, -0.25) is 19.2 Å². The van der Waals surface area contributed by atoms with Gasteiger partial charge in [-0.15, -0.1) is 0 Å². The summed E-state index contributed by atoms with van der Waals surface area (Å²) in [6.45, 7) is 3.77. The van der Waals surface area contributed by atoms with Crippen LogP contribution in [0.25, 0.3) is 0 Å². The fraction of sp³-hybridized carbons (Fsp3) is 0.407. The maximum atomic E-state index is 12.8. The first-order valence-electron chi connectivity index (χ1n) is 11.7. The van der Waals surface area contributed by atoms with E-state index in [0.717, 1.165) is 44.1 Å². The van der Waals surface area contributed by atoms with Crippen molar-refractivity contribution in [3.8, 4) is 23.0 Å². The second kappa shape index (κ2) is 13.9. The smallest absolute Gasteiger partial charge is 0.308 e. The van der Waals surface area contributed by atoms with Crippen LogP contribution >= 0.6 is 0 Å². The molecule has 0 spiro atoms. The molecule has 0 aromatic heterocycles. The maximum Gasteiger partial charge on any atom is 0.308 e. The molecule has 8 heteroatoms. The van der Waals surface area contributed by atoms with Crippen LogP contribution in [0, 0.1) is 0 Å². The Kier molecular flexibility index (Phi) is 10.9. The minimum absolute atomic E-state index is 0.0468. The van der Waals surface area contributed by atoms with Gasteiger partial charge in [0.05, 0.1) is 0 Å². The number of hydrogen-bond acceptors (Lipinski definition) is 8. The molecule has 0 radical (unpaired) electrons. The van der Waals surface area contributed by atoms with Crippen molar-refractivity contribution in [1.82, 2.24) is 0 Å². The van der Waals surface area contributed by atoms with E-state index in [2.05, 4.69) is 0 Å². The van der Waals surface area contributed by atoms with Gasteiger partial charge in [0.25, 0.3) is 0 Å². The van der Waals surface area contributed by atoms with E-state index in [1.165, 1.54) is 32.9 Å². The molecule has 8 nitrogen and oxygen atoms in total. The Morgan fingerprint density at radius 2 is 1.20 bits per heavy atom. The summed E-state index contributed by atoms with van der Waals surface area (Å²) < 4.78 is 15.2. The lowest BCUT2D eigenvalue weighted by Crippen LogP contribution is -2.12. The number of carbonyl (C=O) groups excluding carboxylic acids is 4. The number of phenolic OH excluding ortho intramolecular Hbond substituents is 1.